The van der Waals surface area contributed by atoms with Gasteiger partial charge >= 0.3 is 0 Å². The number of fused-ring (bicyclic) bond motifs is 1. The molecule has 0 unspecified atom stereocenters. The quantitative estimate of drug-likeness (QED) is 0.371. The summed E-state index contributed by atoms with van der Waals surface area (Å²) < 4.78 is 7.34. The number of amides is 1. The molecule has 0 saturated heterocycles. The fourth-order valence-corrected chi connectivity index (χ4v) is 3.18. The first kappa shape index (κ1) is 17.2. The summed E-state index contributed by atoms with van der Waals surface area (Å²) in [5, 5.41) is 0.506. The number of halogens is 2. The van der Waals surface area contributed by atoms with Crippen LogP contribution in [0.15, 0.2) is 6.20 Å². The van der Waals surface area contributed by atoms with E-state index in [1.54, 1.807) is 10.8 Å². The SMILES string of the molecule is C[Si](C)(C)CCOCn1cc(C(N)=O)c2c(Cl)nc(Cl)nc21. The first-order valence-electron chi connectivity index (χ1n) is 6.78. The summed E-state index contributed by atoms with van der Waals surface area (Å²) >= 11 is 11.9. The monoisotopic (exact) mass is 360 g/mol. The third kappa shape index (κ3) is 3.98. The van der Waals surface area contributed by atoms with Crippen molar-refractivity contribution in [1.82, 2.24) is 14.5 Å². The van der Waals surface area contributed by atoms with E-state index in [0.717, 1.165) is 6.04 Å². The van der Waals surface area contributed by atoms with Crippen molar-refractivity contribution in [3.05, 3.63) is 22.2 Å². The second-order valence-corrected chi connectivity index (χ2v) is 12.5. The lowest BCUT2D eigenvalue weighted by atomic mass is 10.2. The molecule has 2 aromatic heterocycles. The van der Waals surface area contributed by atoms with Gasteiger partial charge in [-0.1, -0.05) is 31.2 Å². The molecule has 0 radical (unpaired) electrons. The van der Waals surface area contributed by atoms with Gasteiger partial charge in [-0.3, -0.25) is 4.79 Å². The molecule has 0 aliphatic heterocycles. The highest BCUT2D eigenvalue weighted by Crippen LogP contribution is 2.27. The Labute approximate surface area is 139 Å². The molecule has 0 aliphatic carbocycles. The Morgan fingerprint density at radius 2 is 2.05 bits per heavy atom. The summed E-state index contributed by atoms with van der Waals surface area (Å²) in [5.41, 5.74) is 6.07. The van der Waals surface area contributed by atoms with Crippen LogP contribution in [-0.2, 0) is 11.5 Å². The summed E-state index contributed by atoms with van der Waals surface area (Å²) in [6.45, 7) is 7.73. The van der Waals surface area contributed by atoms with E-state index in [1.807, 2.05) is 0 Å². The Morgan fingerprint density at radius 3 is 2.64 bits per heavy atom. The Kier molecular flexibility index (Phi) is 5.11. The van der Waals surface area contributed by atoms with Crippen LogP contribution in [0.5, 0.6) is 0 Å². The lowest BCUT2D eigenvalue weighted by Gasteiger charge is -2.15. The maximum Gasteiger partial charge on any atom is 0.251 e. The maximum absolute atomic E-state index is 11.6. The molecular formula is C13H18Cl2N4O2Si. The van der Waals surface area contributed by atoms with Crippen molar-refractivity contribution in [1.29, 1.82) is 0 Å². The maximum atomic E-state index is 11.6. The third-order valence-electron chi connectivity index (χ3n) is 3.14. The van der Waals surface area contributed by atoms with Crippen LogP contribution in [-0.4, -0.2) is 35.1 Å². The molecular weight excluding hydrogens is 343 g/mol. The van der Waals surface area contributed by atoms with Gasteiger partial charge in [-0.2, -0.15) is 4.98 Å². The zero-order valence-corrected chi connectivity index (χ0v) is 15.2. The van der Waals surface area contributed by atoms with Crippen molar-refractivity contribution in [3.63, 3.8) is 0 Å². The van der Waals surface area contributed by atoms with Gasteiger partial charge in [0.1, 0.15) is 17.5 Å². The fourth-order valence-electron chi connectivity index (χ4n) is 1.94. The number of nitrogens with two attached hydrogens (primary N) is 1. The first-order chi connectivity index (χ1) is 10.2. The van der Waals surface area contributed by atoms with E-state index in [1.165, 1.54) is 0 Å². The van der Waals surface area contributed by atoms with Gasteiger partial charge in [-0.25, -0.2) is 4.98 Å². The van der Waals surface area contributed by atoms with Gasteiger partial charge < -0.3 is 15.0 Å². The Balaban J connectivity index is 2.28. The largest absolute Gasteiger partial charge is 0.366 e. The lowest BCUT2D eigenvalue weighted by Crippen LogP contribution is -2.22. The van der Waals surface area contributed by atoms with Crippen molar-refractivity contribution in [2.75, 3.05) is 6.61 Å². The van der Waals surface area contributed by atoms with E-state index in [2.05, 4.69) is 29.6 Å². The number of primary amides is 1. The van der Waals surface area contributed by atoms with E-state index in [0.29, 0.717) is 17.6 Å². The van der Waals surface area contributed by atoms with E-state index in [4.69, 9.17) is 33.7 Å². The van der Waals surface area contributed by atoms with E-state index >= 15 is 0 Å². The molecule has 120 valence electrons. The molecule has 0 fully saturated rings. The van der Waals surface area contributed by atoms with Crippen molar-refractivity contribution in [2.24, 2.45) is 5.73 Å². The number of hydrogen-bond donors (Lipinski definition) is 1. The molecule has 9 heteroatoms. The van der Waals surface area contributed by atoms with Crippen molar-refractivity contribution >= 4 is 48.2 Å². The number of carbonyl (C=O) groups is 1. The molecule has 22 heavy (non-hydrogen) atoms. The Hall–Kier alpha value is -1.15. The van der Waals surface area contributed by atoms with E-state index < -0.39 is 14.0 Å². The molecule has 1 amide bonds. The molecule has 0 atom stereocenters. The van der Waals surface area contributed by atoms with Gasteiger partial charge in [0.05, 0.1) is 10.9 Å². The molecule has 6 nitrogen and oxygen atoms in total. The average molecular weight is 361 g/mol. The normalized spacial score (nSPS) is 12.0. The number of carbonyl (C=O) groups excluding carboxylic acids is 1. The molecule has 2 N–H and O–H groups in total. The Bertz CT molecular complexity index is 712. The zero-order chi connectivity index (χ0) is 16.5. The smallest absolute Gasteiger partial charge is 0.251 e. The van der Waals surface area contributed by atoms with Crippen LogP contribution in [0.1, 0.15) is 10.4 Å². The van der Waals surface area contributed by atoms with Crippen LogP contribution in [0.4, 0.5) is 0 Å². The van der Waals surface area contributed by atoms with Crippen LogP contribution >= 0.6 is 23.2 Å². The molecule has 0 bridgehead atoms. The summed E-state index contributed by atoms with van der Waals surface area (Å²) in [6, 6.07) is 1.05. The highest BCUT2D eigenvalue weighted by atomic mass is 35.5. The second kappa shape index (κ2) is 6.53. The van der Waals surface area contributed by atoms with Crippen LogP contribution < -0.4 is 5.73 Å². The summed E-state index contributed by atoms with van der Waals surface area (Å²) in [4.78, 5) is 19.5. The third-order valence-corrected chi connectivity index (χ3v) is 5.28. The zero-order valence-electron chi connectivity index (χ0n) is 12.7. The van der Waals surface area contributed by atoms with E-state index in [9.17, 15) is 4.79 Å². The minimum absolute atomic E-state index is 0.00923. The van der Waals surface area contributed by atoms with Crippen LogP contribution in [0.2, 0.25) is 36.1 Å². The number of rotatable bonds is 6. The van der Waals surface area contributed by atoms with Crippen LogP contribution in [0.3, 0.4) is 0 Å². The van der Waals surface area contributed by atoms with Gasteiger partial charge in [0.2, 0.25) is 5.28 Å². The summed E-state index contributed by atoms with van der Waals surface area (Å²) in [6.07, 6.45) is 1.57. The number of ether oxygens (including phenoxy) is 1. The minimum atomic E-state index is -1.16. The number of nitrogens with zero attached hydrogens (tertiary/aromatic N) is 3. The van der Waals surface area contributed by atoms with Gasteiger partial charge in [0.25, 0.3) is 5.91 Å². The molecule has 0 spiro atoms. The standard InChI is InChI=1S/C13H18Cl2N4O2Si/c1-22(2,3)5-4-21-7-19-6-8(11(16)20)9-10(14)17-13(15)18-12(9)19/h6H,4-5,7H2,1-3H3,(H2,16,20). The molecule has 0 aromatic carbocycles. The van der Waals surface area contributed by atoms with Gasteiger partial charge in [0, 0.05) is 20.9 Å². The molecule has 2 heterocycles. The predicted octanol–water partition coefficient (Wildman–Crippen LogP) is 3.15. The fraction of sp³-hybridized carbons (Fsp3) is 0.462. The second-order valence-electron chi connectivity index (χ2n) is 6.21. The first-order valence-corrected chi connectivity index (χ1v) is 11.2. The van der Waals surface area contributed by atoms with Crippen molar-refractivity contribution in [3.8, 4) is 0 Å². The average Bonchev–Trinajstić information content (AvgIpc) is 2.73. The van der Waals surface area contributed by atoms with E-state index in [-0.39, 0.29) is 22.7 Å². The van der Waals surface area contributed by atoms with Gasteiger partial charge in [-0.15, -0.1) is 0 Å². The topological polar surface area (TPSA) is 83.0 Å². The summed E-state index contributed by atoms with van der Waals surface area (Å²) in [7, 11) is -1.16. The minimum Gasteiger partial charge on any atom is -0.366 e. The van der Waals surface area contributed by atoms with Gasteiger partial charge in [0.15, 0.2) is 0 Å². The summed E-state index contributed by atoms with van der Waals surface area (Å²) in [5.74, 6) is -0.598. The van der Waals surface area contributed by atoms with Crippen molar-refractivity contribution < 1.29 is 9.53 Å². The van der Waals surface area contributed by atoms with Crippen molar-refractivity contribution in [2.45, 2.75) is 32.4 Å². The molecule has 2 aromatic rings. The van der Waals surface area contributed by atoms with Crippen LogP contribution in [0.25, 0.3) is 11.0 Å². The lowest BCUT2D eigenvalue weighted by molar-refractivity contribution is 0.0895. The van der Waals surface area contributed by atoms with Gasteiger partial charge in [-0.05, 0) is 17.6 Å². The van der Waals surface area contributed by atoms with Crippen LogP contribution in [0, 0.1) is 0 Å². The predicted molar refractivity (Wildman–Crippen MR) is 90.2 cm³/mol. The highest BCUT2D eigenvalue weighted by Gasteiger charge is 2.19. The number of hydrogen-bond acceptors (Lipinski definition) is 4. The molecule has 2 rings (SSSR count). The molecule has 0 aliphatic rings. The highest BCUT2D eigenvalue weighted by molar-refractivity contribution is 6.76. The molecule has 0 saturated carbocycles. The Morgan fingerprint density at radius 1 is 1.36 bits per heavy atom. The number of aromatic nitrogens is 3.